The second kappa shape index (κ2) is 6.56. The van der Waals surface area contributed by atoms with Gasteiger partial charge < -0.3 is 4.18 Å². The SMILES string of the molecule is NS(=O)(=O)Oc1ccc2c(C3CCCCCCC3)csc2c1. The normalized spacial score (nSPS) is 18.0. The van der Waals surface area contributed by atoms with Crippen LogP contribution in [0.15, 0.2) is 23.6 Å². The number of hydrogen-bond donors (Lipinski definition) is 1. The van der Waals surface area contributed by atoms with Crippen LogP contribution in [-0.2, 0) is 10.3 Å². The second-order valence-corrected chi connectivity index (χ2v) is 8.03. The van der Waals surface area contributed by atoms with Crippen LogP contribution in [0.3, 0.4) is 0 Å². The fourth-order valence-corrected chi connectivity index (χ4v) is 4.74. The van der Waals surface area contributed by atoms with Crippen LogP contribution in [0, 0.1) is 0 Å². The smallest absolute Gasteiger partial charge is 0.371 e. The van der Waals surface area contributed by atoms with Gasteiger partial charge in [-0.2, -0.15) is 13.6 Å². The molecule has 1 aliphatic rings. The lowest BCUT2D eigenvalue weighted by Crippen LogP contribution is -2.18. The average molecular weight is 339 g/mol. The molecule has 1 aliphatic carbocycles. The number of benzene rings is 1. The van der Waals surface area contributed by atoms with Gasteiger partial charge in [-0.15, -0.1) is 11.3 Å². The number of nitrogens with two attached hydrogens (primary N) is 1. The van der Waals surface area contributed by atoms with Crippen molar-refractivity contribution in [2.45, 2.75) is 50.9 Å². The van der Waals surface area contributed by atoms with Crippen LogP contribution in [0.2, 0.25) is 0 Å². The highest BCUT2D eigenvalue weighted by Crippen LogP contribution is 2.39. The molecule has 1 fully saturated rings. The lowest BCUT2D eigenvalue weighted by Gasteiger charge is -2.19. The first-order valence-corrected chi connectivity index (χ1v) is 10.1. The van der Waals surface area contributed by atoms with Crippen molar-refractivity contribution in [1.82, 2.24) is 0 Å². The summed E-state index contributed by atoms with van der Waals surface area (Å²) in [5, 5.41) is 8.36. The van der Waals surface area contributed by atoms with E-state index < -0.39 is 10.3 Å². The van der Waals surface area contributed by atoms with E-state index in [4.69, 9.17) is 9.32 Å². The van der Waals surface area contributed by atoms with Gasteiger partial charge in [0.1, 0.15) is 5.75 Å². The van der Waals surface area contributed by atoms with E-state index in [0.29, 0.717) is 5.92 Å². The molecule has 1 heterocycles. The van der Waals surface area contributed by atoms with Crippen LogP contribution < -0.4 is 9.32 Å². The Morgan fingerprint density at radius 1 is 1.09 bits per heavy atom. The third-order valence-electron chi connectivity index (χ3n) is 4.33. The van der Waals surface area contributed by atoms with E-state index in [1.165, 1.54) is 55.9 Å². The maximum absolute atomic E-state index is 11.0. The fourth-order valence-electron chi connectivity index (χ4n) is 3.30. The zero-order valence-electron chi connectivity index (χ0n) is 12.5. The minimum absolute atomic E-state index is 0.279. The lowest BCUT2D eigenvalue weighted by molar-refractivity contribution is 0.458. The summed E-state index contributed by atoms with van der Waals surface area (Å²) in [7, 11) is -3.96. The van der Waals surface area contributed by atoms with Crippen LogP contribution in [0.25, 0.3) is 10.1 Å². The maximum Gasteiger partial charge on any atom is 0.380 e. The first-order valence-electron chi connectivity index (χ1n) is 7.76. The van der Waals surface area contributed by atoms with Gasteiger partial charge in [0.05, 0.1) is 0 Å². The zero-order valence-corrected chi connectivity index (χ0v) is 14.1. The maximum atomic E-state index is 11.0. The van der Waals surface area contributed by atoms with Gasteiger partial charge in [-0.05, 0) is 53.3 Å². The molecule has 0 spiro atoms. The summed E-state index contributed by atoms with van der Waals surface area (Å²) in [5.74, 6) is 0.903. The van der Waals surface area contributed by atoms with Gasteiger partial charge in [0.2, 0.25) is 0 Å². The van der Waals surface area contributed by atoms with E-state index in [1.54, 1.807) is 23.5 Å². The molecule has 1 saturated carbocycles. The van der Waals surface area contributed by atoms with Crippen molar-refractivity contribution < 1.29 is 12.6 Å². The summed E-state index contributed by atoms with van der Waals surface area (Å²) in [6.07, 6.45) is 9.15. The molecule has 0 aliphatic heterocycles. The molecule has 0 radical (unpaired) electrons. The van der Waals surface area contributed by atoms with Gasteiger partial charge in [-0.1, -0.05) is 32.1 Å². The van der Waals surface area contributed by atoms with E-state index in [1.807, 2.05) is 6.07 Å². The molecule has 6 heteroatoms. The largest absolute Gasteiger partial charge is 0.380 e. The van der Waals surface area contributed by atoms with Gasteiger partial charge in [-0.25, -0.2) is 0 Å². The molecular formula is C16H21NO3S2. The van der Waals surface area contributed by atoms with Crippen molar-refractivity contribution in [2.75, 3.05) is 0 Å². The standard InChI is InChI=1S/C16H21NO3S2/c17-22(18,19)20-13-8-9-14-15(11-21-16(14)10-13)12-6-4-2-1-3-5-7-12/h8-12H,1-7H2,(H2,17,18,19). The Morgan fingerprint density at radius 2 is 1.77 bits per heavy atom. The number of hydrogen-bond acceptors (Lipinski definition) is 4. The first-order chi connectivity index (χ1) is 10.5. The molecule has 2 aromatic rings. The Morgan fingerprint density at radius 3 is 2.45 bits per heavy atom. The molecule has 0 saturated heterocycles. The molecule has 0 bridgehead atoms. The summed E-state index contributed by atoms with van der Waals surface area (Å²) >= 11 is 1.64. The monoisotopic (exact) mass is 339 g/mol. The van der Waals surface area contributed by atoms with Crippen LogP contribution in [0.1, 0.15) is 56.4 Å². The quantitative estimate of drug-likeness (QED) is 0.906. The summed E-state index contributed by atoms with van der Waals surface area (Å²) < 4.78 is 27.8. The molecule has 0 unspecified atom stereocenters. The highest BCUT2D eigenvalue weighted by atomic mass is 32.2. The highest BCUT2D eigenvalue weighted by Gasteiger charge is 2.18. The molecule has 0 atom stereocenters. The van der Waals surface area contributed by atoms with Gasteiger partial charge in [0.15, 0.2) is 0 Å². The summed E-state index contributed by atoms with van der Waals surface area (Å²) in [4.78, 5) is 0. The second-order valence-electron chi connectivity index (χ2n) is 5.97. The lowest BCUT2D eigenvalue weighted by atomic mass is 9.86. The summed E-state index contributed by atoms with van der Waals surface area (Å²) in [6.45, 7) is 0. The molecule has 0 amide bonds. The third kappa shape index (κ3) is 3.80. The zero-order chi connectivity index (χ0) is 15.6. The molecule has 1 aromatic heterocycles. The van der Waals surface area contributed by atoms with Crippen molar-refractivity contribution in [2.24, 2.45) is 5.14 Å². The average Bonchev–Trinajstić information content (AvgIpc) is 2.79. The fraction of sp³-hybridized carbons (Fsp3) is 0.500. The summed E-state index contributed by atoms with van der Waals surface area (Å²) in [6, 6.07) is 5.41. The van der Waals surface area contributed by atoms with Crippen molar-refractivity contribution >= 4 is 31.7 Å². The molecule has 3 rings (SSSR count). The number of rotatable bonds is 3. The third-order valence-corrected chi connectivity index (χ3v) is 5.72. The minimum atomic E-state index is -3.96. The molecule has 120 valence electrons. The van der Waals surface area contributed by atoms with Crippen molar-refractivity contribution in [1.29, 1.82) is 0 Å². The Hall–Kier alpha value is -1.11. The summed E-state index contributed by atoms with van der Waals surface area (Å²) in [5.41, 5.74) is 1.41. The van der Waals surface area contributed by atoms with Crippen molar-refractivity contribution in [3.05, 3.63) is 29.1 Å². The van der Waals surface area contributed by atoms with E-state index in [-0.39, 0.29) is 5.75 Å². The van der Waals surface area contributed by atoms with E-state index in [9.17, 15) is 8.42 Å². The molecular weight excluding hydrogens is 318 g/mol. The van der Waals surface area contributed by atoms with E-state index in [0.717, 1.165) is 4.70 Å². The van der Waals surface area contributed by atoms with Gasteiger partial charge >= 0.3 is 10.3 Å². The Kier molecular flexibility index (Phi) is 4.70. The molecule has 2 N–H and O–H groups in total. The van der Waals surface area contributed by atoms with Crippen molar-refractivity contribution in [3.8, 4) is 5.75 Å². The van der Waals surface area contributed by atoms with Crippen molar-refractivity contribution in [3.63, 3.8) is 0 Å². The number of fused-ring (bicyclic) bond motifs is 1. The van der Waals surface area contributed by atoms with Gasteiger partial charge in [-0.3, -0.25) is 0 Å². The minimum Gasteiger partial charge on any atom is -0.371 e. The van der Waals surface area contributed by atoms with Gasteiger partial charge in [0.25, 0.3) is 0 Å². The van der Waals surface area contributed by atoms with Gasteiger partial charge in [0, 0.05) is 4.70 Å². The first kappa shape index (κ1) is 15.8. The van der Waals surface area contributed by atoms with E-state index >= 15 is 0 Å². The van der Waals surface area contributed by atoms with Crippen LogP contribution in [-0.4, -0.2) is 8.42 Å². The van der Waals surface area contributed by atoms with Crippen LogP contribution in [0.4, 0.5) is 0 Å². The van der Waals surface area contributed by atoms with Crippen LogP contribution in [0.5, 0.6) is 5.75 Å². The topological polar surface area (TPSA) is 69.4 Å². The number of thiophene rings is 1. The Bertz CT molecular complexity index is 744. The Labute approximate surface area is 135 Å². The Balaban J connectivity index is 1.88. The molecule has 4 nitrogen and oxygen atoms in total. The predicted octanol–water partition coefficient (Wildman–Crippen LogP) is 4.31. The molecule has 22 heavy (non-hydrogen) atoms. The molecule has 1 aromatic carbocycles. The predicted molar refractivity (Wildman–Crippen MR) is 90.6 cm³/mol. The van der Waals surface area contributed by atoms with E-state index in [2.05, 4.69) is 5.38 Å². The van der Waals surface area contributed by atoms with Crippen LogP contribution >= 0.6 is 11.3 Å². The highest BCUT2D eigenvalue weighted by molar-refractivity contribution is 7.84.